The van der Waals surface area contributed by atoms with Crippen LogP contribution in [0.15, 0.2) is 58.0 Å². The van der Waals surface area contributed by atoms with Crippen molar-refractivity contribution >= 4 is 39.8 Å². The maximum Gasteiger partial charge on any atom is 0.275 e. The van der Waals surface area contributed by atoms with Gasteiger partial charge >= 0.3 is 0 Å². The largest absolute Gasteiger partial charge is 0.504 e. The van der Waals surface area contributed by atoms with Crippen LogP contribution in [0, 0.1) is 0 Å². The molecule has 4 N–H and O–H groups in total. The number of carboxylic acid groups (broad SMARTS) is 1. The quantitative estimate of drug-likeness (QED) is 0.257. The number of carbonyl (C=O) groups is 3. The van der Waals surface area contributed by atoms with Gasteiger partial charge in [-0.25, -0.2) is 5.10 Å². The van der Waals surface area contributed by atoms with Crippen LogP contribution in [-0.2, 0) is 33.4 Å². The van der Waals surface area contributed by atoms with Crippen LogP contribution in [0.2, 0.25) is 0 Å². The lowest BCUT2D eigenvalue weighted by Crippen LogP contribution is -2.74. The maximum absolute atomic E-state index is 12.7. The van der Waals surface area contributed by atoms with Gasteiger partial charge in [-0.1, -0.05) is 36.0 Å². The first kappa shape index (κ1) is 23.1. The van der Waals surface area contributed by atoms with Crippen molar-refractivity contribution in [2.45, 2.75) is 29.4 Å². The van der Waals surface area contributed by atoms with E-state index in [-0.39, 0.29) is 36.1 Å². The molecule has 1 fully saturated rings. The minimum Gasteiger partial charge on any atom is -0.504 e. The minimum atomic E-state index is -1.28. The fraction of sp³-hybridized carbons (Fsp3) is 0.286. The molecule has 2 amide bonds. The van der Waals surface area contributed by atoms with Crippen LogP contribution in [0.5, 0.6) is 0 Å². The Bertz CT molecular complexity index is 1160. The number of carbonyl (C=O) groups excluding carboxylic acids is 3. The third-order valence-corrected chi connectivity index (χ3v) is 8.54. The van der Waals surface area contributed by atoms with E-state index in [2.05, 4.69) is 15.5 Å². The number of benzene rings is 1. The van der Waals surface area contributed by atoms with Crippen LogP contribution in [0.1, 0.15) is 11.1 Å². The zero-order valence-corrected chi connectivity index (χ0v) is 19.0. The van der Waals surface area contributed by atoms with Gasteiger partial charge in [-0.15, -0.1) is 0 Å². The zero-order valence-electron chi connectivity index (χ0n) is 17.4. The number of rotatable bonds is 7. The monoisotopic (exact) mass is 487 g/mol. The summed E-state index contributed by atoms with van der Waals surface area (Å²) in [5, 5.41) is 19.5. The van der Waals surface area contributed by atoms with Gasteiger partial charge in [-0.2, -0.15) is 5.10 Å². The van der Waals surface area contributed by atoms with Gasteiger partial charge in [0.15, 0.2) is 6.04 Å². The topological polar surface area (TPSA) is 161 Å². The first-order valence-electron chi connectivity index (χ1n) is 10.0. The summed E-state index contributed by atoms with van der Waals surface area (Å²) < 4.78 is 0. The summed E-state index contributed by atoms with van der Waals surface area (Å²) >= 11 is 1.32. The number of hydrogen-bond donors (Lipinski definition) is 3. The molecule has 1 aromatic carbocycles. The number of nitrogens with two attached hydrogens (primary N) is 1. The molecule has 2 aliphatic heterocycles. The standard InChI is InChI=1S/C21H21N5O5S2/c22-8-14-4-2-1-3-13(14)7-16(28)23-18-19(29)26-9-12(11-33(20(18)26)21(30)31)10-32-17-6-5-15(27)24-25-17/h1-6,9,18,20H,7-8,10-11,22H2,(H2-,23,24,27,28,30,31)/t18?,20-,33?/m1/s1. The zero-order chi connectivity index (χ0) is 23.5. The molecule has 4 rings (SSSR count). The molecule has 12 heteroatoms. The molecule has 1 aromatic heterocycles. The third-order valence-electron chi connectivity index (χ3n) is 5.31. The summed E-state index contributed by atoms with van der Waals surface area (Å²) in [6, 6.07) is 9.28. The van der Waals surface area contributed by atoms with E-state index < -0.39 is 27.6 Å². The molecule has 0 bridgehead atoms. The van der Waals surface area contributed by atoms with Crippen molar-refractivity contribution in [2.75, 3.05) is 11.5 Å². The first-order chi connectivity index (χ1) is 15.9. The van der Waals surface area contributed by atoms with Gasteiger partial charge in [-0.05, 0) is 17.2 Å². The van der Waals surface area contributed by atoms with Gasteiger partial charge in [0.25, 0.3) is 16.8 Å². The Labute approximate surface area is 196 Å². The highest BCUT2D eigenvalue weighted by Gasteiger charge is 2.60. The Morgan fingerprint density at radius 1 is 1.24 bits per heavy atom. The molecular formula is C21H21N5O5S2. The molecule has 0 saturated carbocycles. The van der Waals surface area contributed by atoms with Gasteiger partial charge in [0.05, 0.1) is 17.3 Å². The fourth-order valence-corrected chi connectivity index (χ4v) is 6.65. The number of amides is 2. The van der Waals surface area contributed by atoms with Crippen LogP contribution in [0.3, 0.4) is 0 Å². The second kappa shape index (κ2) is 9.81. The molecule has 33 heavy (non-hydrogen) atoms. The number of β-lactam (4-membered cyclic amide) rings is 1. The Morgan fingerprint density at radius 3 is 2.67 bits per heavy atom. The maximum atomic E-state index is 12.7. The number of fused-ring (bicyclic) bond motifs is 1. The van der Waals surface area contributed by atoms with E-state index in [9.17, 15) is 24.3 Å². The fourth-order valence-electron chi connectivity index (χ4n) is 3.72. The highest BCUT2D eigenvalue weighted by Crippen LogP contribution is 2.35. The van der Waals surface area contributed by atoms with Gasteiger partial charge in [0, 0.05) is 30.1 Å². The summed E-state index contributed by atoms with van der Waals surface area (Å²) in [4.78, 5) is 49.7. The summed E-state index contributed by atoms with van der Waals surface area (Å²) in [5.74, 6) is -0.108. The van der Waals surface area contributed by atoms with E-state index in [0.29, 0.717) is 10.8 Å². The van der Waals surface area contributed by atoms with Crippen LogP contribution in [-0.4, -0.2) is 55.1 Å². The molecule has 2 aromatic rings. The van der Waals surface area contributed by atoms with E-state index >= 15 is 0 Å². The predicted molar refractivity (Wildman–Crippen MR) is 122 cm³/mol. The first-order valence-corrected chi connectivity index (χ1v) is 12.5. The summed E-state index contributed by atoms with van der Waals surface area (Å²) in [5.41, 5.74) is 7.74. The number of aromatic nitrogens is 2. The number of nitrogens with one attached hydrogen (secondary N) is 2. The van der Waals surface area contributed by atoms with Crippen molar-refractivity contribution < 1.29 is 19.5 Å². The van der Waals surface area contributed by atoms with Gasteiger partial charge in [-0.3, -0.25) is 19.3 Å². The Hall–Kier alpha value is -3.09. The van der Waals surface area contributed by atoms with E-state index in [4.69, 9.17) is 5.73 Å². The number of H-pyrrole nitrogens is 1. The SMILES string of the molecule is NCc1ccccc1CC(=O)NC1C(=O)N2C=C(CSc3ccc(=O)[nH]n3)C[S+](C(=O)[O-])[C@H]12. The van der Waals surface area contributed by atoms with Gasteiger partial charge < -0.3 is 21.0 Å². The van der Waals surface area contributed by atoms with Crippen LogP contribution < -0.4 is 21.7 Å². The lowest BCUT2D eigenvalue weighted by Gasteiger charge is -2.45. The average molecular weight is 488 g/mol. The highest BCUT2D eigenvalue weighted by molar-refractivity contribution is 8.11. The third kappa shape index (κ3) is 4.97. The van der Waals surface area contributed by atoms with Gasteiger partial charge in [0.1, 0.15) is 10.8 Å². The second-order valence-electron chi connectivity index (χ2n) is 7.49. The lowest BCUT2D eigenvalue weighted by molar-refractivity contribution is -0.233. The molecule has 0 spiro atoms. The normalized spacial score (nSPS) is 21.6. The summed E-state index contributed by atoms with van der Waals surface area (Å²) in [6.07, 6.45) is 1.69. The lowest BCUT2D eigenvalue weighted by atomic mass is 10.0. The van der Waals surface area contributed by atoms with E-state index in [1.54, 1.807) is 24.4 Å². The van der Waals surface area contributed by atoms with Crippen molar-refractivity contribution in [1.29, 1.82) is 0 Å². The molecular weight excluding hydrogens is 466 g/mol. The molecule has 10 nitrogen and oxygen atoms in total. The van der Waals surface area contributed by atoms with Crippen molar-refractivity contribution in [3.63, 3.8) is 0 Å². The predicted octanol–water partition coefficient (Wildman–Crippen LogP) is -0.924. The highest BCUT2D eigenvalue weighted by atomic mass is 32.2. The van der Waals surface area contributed by atoms with E-state index in [0.717, 1.165) is 16.7 Å². The van der Waals surface area contributed by atoms with Gasteiger partial charge in [0.2, 0.25) is 11.3 Å². The molecule has 1 saturated heterocycles. The number of thioether (sulfide) groups is 1. The van der Waals surface area contributed by atoms with E-state index in [1.165, 1.54) is 22.7 Å². The molecule has 0 radical (unpaired) electrons. The van der Waals surface area contributed by atoms with E-state index in [1.807, 2.05) is 12.1 Å². The molecule has 3 heterocycles. The Kier molecular flexibility index (Phi) is 6.86. The Balaban J connectivity index is 1.43. The van der Waals surface area contributed by atoms with Crippen molar-refractivity contribution in [3.8, 4) is 0 Å². The smallest absolute Gasteiger partial charge is 0.275 e. The molecule has 0 aliphatic carbocycles. The number of hydrogen-bond acceptors (Lipinski definition) is 8. The molecule has 3 atom stereocenters. The molecule has 2 unspecified atom stereocenters. The average Bonchev–Trinajstić information content (AvgIpc) is 2.81. The second-order valence-corrected chi connectivity index (χ2v) is 10.4. The molecule has 172 valence electrons. The Morgan fingerprint density at radius 2 is 2.00 bits per heavy atom. The van der Waals surface area contributed by atoms with Crippen molar-refractivity contribution in [3.05, 3.63) is 69.7 Å². The summed E-state index contributed by atoms with van der Waals surface area (Å²) in [7, 11) is -1.28. The number of aromatic amines is 1. The van der Waals surface area contributed by atoms with Crippen LogP contribution in [0.25, 0.3) is 0 Å². The van der Waals surface area contributed by atoms with Crippen LogP contribution in [0.4, 0.5) is 4.79 Å². The molecule has 2 aliphatic rings. The van der Waals surface area contributed by atoms with Crippen molar-refractivity contribution in [2.24, 2.45) is 5.73 Å². The summed E-state index contributed by atoms with van der Waals surface area (Å²) in [6.45, 7) is 0.288. The number of nitrogens with zero attached hydrogens (tertiary/aromatic N) is 2. The minimum absolute atomic E-state index is 0.0485. The van der Waals surface area contributed by atoms with Crippen molar-refractivity contribution in [1.82, 2.24) is 20.4 Å². The van der Waals surface area contributed by atoms with Crippen LogP contribution >= 0.6 is 11.8 Å².